The van der Waals surface area contributed by atoms with Gasteiger partial charge in [-0.1, -0.05) is 26.5 Å². The molecule has 4 rings (SSSR count). The van der Waals surface area contributed by atoms with Crippen molar-refractivity contribution in [3.05, 3.63) is 27.9 Å². The quantitative estimate of drug-likeness (QED) is 0.291. The highest BCUT2D eigenvalue weighted by Crippen LogP contribution is 2.17. The molecule has 0 radical (unpaired) electrons. The molecule has 128 valence electrons. The highest BCUT2D eigenvalue weighted by molar-refractivity contribution is 6.33. The second kappa shape index (κ2) is 7.37. The minimum Gasteiger partial charge on any atom is -0.369 e. The van der Waals surface area contributed by atoms with Crippen LogP contribution in [0.5, 0.6) is 0 Å². The summed E-state index contributed by atoms with van der Waals surface area (Å²) < 4.78 is 0. The van der Waals surface area contributed by atoms with Crippen LogP contribution in [0.3, 0.4) is 0 Å². The second-order valence-electron chi connectivity index (χ2n) is 4.09. The van der Waals surface area contributed by atoms with Gasteiger partial charge in [-0.3, -0.25) is 20.0 Å². The summed E-state index contributed by atoms with van der Waals surface area (Å²) in [4.78, 5) is 24.8. The van der Waals surface area contributed by atoms with Crippen LogP contribution in [0.2, 0.25) is 5.15 Å². The topological polar surface area (TPSA) is 181 Å². The molecule has 0 saturated carbocycles. The van der Waals surface area contributed by atoms with Crippen molar-refractivity contribution in [2.75, 3.05) is 11.5 Å². The highest BCUT2D eigenvalue weighted by Gasteiger charge is 2.04. The van der Waals surface area contributed by atoms with Crippen molar-refractivity contribution in [1.29, 1.82) is 0 Å². The molecule has 0 spiro atoms. The average Bonchev–Trinajstić information content (AvgIpc) is 3.07. The molecule has 0 bridgehead atoms. The molecule has 7 N–H and O–H groups in total. The van der Waals surface area contributed by atoms with Crippen molar-refractivity contribution >= 4 is 45.6 Å². The Labute approximate surface area is 140 Å². The number of nitrogens with one attached hydrogen (secondary N) is 3. The largest absolute Gasteiger partial charge is 0.369 e. The molecule has 0 saturated heterocycles. The average molecular weight is 353 g/mol. The molecule has 0 fully saturated rings. The van der Waals surface area contributed by atoms with Gasteiger partial charge < -0.3 is 11.5 Å². The molecule has 12 heteroatoms. The Bertz CT molecular complexity index is 1000. The zero-order valence-corrected chi connectivity index (χ0v) is 11.6. The molecule has 11 nitrogen and oxygen atoms in total. The van der Waals surface area contributed by atoms with Gasteiger partial charge >= 0.3 is 0 Å². The van der Waals surface area contributed by atoms with Gasteiger partial charge in [-0.05, 0) is 0 Å². The van der Waals surface area contributed by atoms with E-state index >= 15 is 0 Å². The third-order valence-electron chi connectivity index (χ3n) is 2.62. The molecule has 0 atom stereocenters. The van der Waals surface area contributed by atoms with Crippen LogP contribution in [0.4, 0.5) is 11.9 Å². The number of halogens is 1. The van der Waals surface area contributed by atoms with E-state index in [2.05, 4.69) is 40.3 Å². The number of nitrogens with two attached hydrogens (primary N) is 2. The maximum Gasteiger partial charge on any atom is 0.263 e. The number of fused-ring (bicyclic) bond motifs is 2. The van der Waals surface area contributed by atoms with Gasteiger partial charge in [0.1, 0.15) is 10.5 Å². The Balaban J connectivity index is 0.000000222. The van der Waals surface area contributed by atoms with Crippen LogP contribution in [0.15, 0.2) is 17.2 Å². The number of rotatable bonds is 0. The lowest BCUT2D eigenvalue weighted by atomic mass is 10.4. The van der Waals surface area contributed by atoms with Gasteiger partial charge in [-0.2, -0.15) is 20.2 Å². The van der Waals surface area contributed by atoms with E-state index in [1.807, 2.05) is 0 Å². The van der Waals surface area contributed by atoms with Crippen LogP contribution in [-0.2, 0) is 0 Å². The Morgan fingerprint density at radius 1 is 0.917 bits per heavy atom. The lowest BCUT2D eigenvalue weighted by molar-refractivity contribution is 1.09. The summed E-state index contributed by atoms with van der Waals surface area (Å²) in [6.07, 6.45) is 2.96. The van der Waals surface area contributed by atoms with Gasteiger partial charge in [0.15, 0.2) is 11.3 Å². The number of H-pyrrole nitrogens is 3. The summed E-state index contributed by atoms with van der Waals surface area (Å²) in [5.41, 5.74) is 11.3. The maximum atomic E-state index is 11.0. The van der Waals surface area contributed by atoms with E-state index in [1.165, 1.54) is 6.20 Å². The predicted molar refractivity (Wildman–Crippen MR) is 93.5 cm³/mol. The second-order valence-corrected chi connectivity index (χ2v) is 4.45. The van der Waals surface area contributed by atoms with E-state index < -0.39 is 0 Å². The third-order valence-corrected chi connectivity index (χ3v) is 2.91. The molecule has 0 aromatic carbocycles. The first-order valence-electron chi connectivity index (χ1n) is 5.85. The fourth-order valence-electron chi connectivity index (χ4n) is 1.68. The summed E-state index contributed by atoms with van der Waals surface area (Å²) >= 11 is 5.71. The minimum absolute atomic E-state index is 0. The molecule has 4 aromatic rings. The molecule has 4 heterocycles. The van der Waals surface area contributed by atoms with Crippen LogP contribution in [0, 0.1) is 0 Å². The summed E-state index contributed by atoms with van der Waals surface area (Å²) in [6.45, 7) is 0. The summed E-state index contributed by atoms with van der Waals surface area (Å²) in [5.74, 6) is 0.235. The standard InChI is InChI=1S/C5H4ClN5.C5H5N5O.2CH4/c6-3-2-1-8-11-4(2)10-5(7)9-3;6-5-8-3-2(1-7-10-3)4(11)9-5;;/h1H,(H3,7,8,9,10,11);1H,(H4,6,7,8,9,10,11);2*1H4. The Morgan fingerprint density at radius 2 is 1.50 bits per heavy atom. The first-order valence-corrected chi connectivity index (χ1v) is 6.23. The number of hydrogen-bond acceptors (Lipinski definition) is 8. The monoisotopic (exact) mass is 352 g/mol. The Morgan fingerprint density at radius 3 is 2.17 bits per heavy atom. The van der Waals surface area contributed by atoms with Crippen LogP contribution >= 0.6 is 11.6 Å². The van der Waals surface area contributed by atoms with Gasteiger partial charge in [0.25, 0.3) is 5.56 Å². The fraction of sp³-hybridized carbons (Fsp3) is 0.167. The first-order chi connectivity index (χ1) is 10.5. The van der Waals surface area contributed by atoms with Gasteiger partial charge in [0.2, 0.25) is 11.9 Å². The number of aromatic amines is 3. The number of anilines is 2. The van der Waals surface area contributed by atoms with E-state index in [-0.39, 0.29) is 32.3 Å². The predicted octanol–water partition coefficient (Wildman–Crippen LogP) is 1.09. The van der Waals surface area contributed by atoms with Crippen LogP contribution in [0.1, 0.15) is 14.9 Å². The Hall–Kier alpha value is -3.21. The van der Waals surface area contributed by atoms with Gasteiger partial charge in [0.05, 0.1) is 17.8 Å². The molecule has 24 heavy (non-hydrogen) atoms. The van der Waals surface area contributed by atoms with E-state index in [1.54, 1.807) is 6.20 Å². The zero-order valence-electron chi connectivity index (χ0n) is 10.8. The molecule has 0 aliphatic rings. The lowest BCUT2D eigenvalue weighted by Gasteiger charge is -1.92. The van der Waals surface area contributed by atoms with Crippen molar-refractivity contribution in [3.63, 3.8) is 0 Å². The van der Waals surface area contributed by atoms with Crippen molar-refractivity contribution in [2.45, 2.75) is 14.9 Å². The van der Waals surface area contributed by atoms with Crippen LogP contribution < -0.4 is 17.0 Å². The Kier molecular flexibility index (Phi) is 5.79. The minimum atomic E-state index is -0.277. The molecule has 0 amide bonds. The summed E-state index contributed by atoms with van der Waals surface area (Å²) in [6, 6.07) is 0. The van der Waals surface area contributed by atoms with Crippen molar-refractivity contribution in [1.82, 2.24) is 40.3 Å². The lowest BCUT2D eigenvalue weighted by Crippen LogP contribution is -2.09. The number of hydrogen-bond donors (Lipinski definition) is 5. The molecular weight excluding hydrogens is 336 g/mol. The normalized spacial score (nSPS) is 9.71. The maximum absolute atomic E-state index is 11.0. The SMILES string of the molecule is C.C.Nc1nc(Cl)c2cn[nH]c2n1.Nc1nc2[nH]ncc2c(=O)[nH]1. The zero-order chi connectivity index (χ0) is 15.7. The van der Waals surface area contributed by atoms with Crippen molar-refractivity contribution in [2.24, 2.45) is 0 Å². The number of nitrogens with zero attached hydrogens (tertiary/aromatic N) is 5. The molecular formula is C12H17ClN10O. The van der Waals surface area contributed by atoms with Crippen molar-refractivity contribution < 1.29 is 0 Å². The van der Waals surface area contributed by atoms with E-state index in [4.69, 9.17) is 23.1 Å². The highest BCUT2D eigenvalue weighted by atomic mass is 35.5. The van der Waals surface area contributed by atoms with Crippen molar-refractivity contribution in [3.8, 4) is 0 Å². The molecule has 0 aliphatic heterocycles. The molecule has 0 unspecified atom stereocenters. The smallest absolute Gasteiger partial charge is 0.263 e. The number of aromatic nitrogens is 8. The van der Waals surface area contributed by atoms with Crippen LogP contribution in [-0.4, -0.2) is 40.3 Å². The third kappa shape index (κ3) is 3.57. The number of nitrogen functional groups attached to an aromatic ring is 2. The summed E-state index contributed by atoms with van der Waals surface area (Å²) in [5, 5.41) is 14.0. The van der Waals surface area contributed by atoms with Crippen LogP contribution in [0.25, 0.3) is 22.1 Å². The first kappa shape index (κ1) is 18.8. The molecule has 4 aromatic heterocycles. The molecule has 0 aliphatic carbocycles. The fourth-order valence-corrected chi connectivity index (χ4v) is 1.90. The van der Waals surface area contributed by atoms with E-state index in [0.717, 1.165) is 0 Å². The van der Waals surface area contributed by atoms with Gasteiger partial charge in [-0.25, -0.2) is 4.98 Å². The summed E-state index contributed by atoms with van der Waals surface area (Å²) in [7, 11) is 0. The van der Waals surface area contributed by atoms with E-state index in [9.17, 15) is 4.79 Å². The van der Waals surface area contributed by atoms with Gasteiger partial charge in [-0.15, -0.1) is 0 Å². The van der Waals surface area contributed by atoms with E-state index in [0.29, 0.717) is 27.2 Å². The van der Waals surface area contributed by atoms with Gasteiger partial charge in [0, 0.05) is 0 Å².